The van der Waals surface area contributed by atoms with Gasteiger partial charge in [-0.1, -0.05) is 6.07 Å². The molecule has 0 radical (unpaired) electrons. The molecule has 19 heavy (non-hydrogen) atoms. The van der Waals surface area contributed by atoms with Gasteiger partial charge in [-0.25, -0.2) is 4.98 Å². The van der Waals surface area contributed by atoms with Crippen LogP contribution in [0.4, 0.5) is 0 Å². The highest BCUT2D eigenvalue weighted by Crippen LogP contribution is 2.20. The molecule has 0 spiro atoms. The van der Waals surface area contributed by atoms with E-state index in [1.165, 1.54) is 18.0 Å². The van der Waals surface area contributed by atoms with Gasteiger partial charge in [0.25, 0.3) is 5.03 Å². The van der Waals surface area contributed by atoms with Crippen LogP contribution in [0.15, 0.2) is 53.9 Å². The molecule has 0 saturated carbocycles. The highest BCUT2D eigenvalue weighted by Gasteiger charge is 2.08. The molecule has 96 valence electrons. The van der Waals surface area contributed by atoms with E-state index in [0.29, 0.717) is 10.8 Å². The molecule has 0 saturated heterocycles. The van der Waals surface area contributed by atoms with Crippen molar-refractivity contribution in [1.82, 2.24) is 9.38 Å². The van der Waals surface area contributed by atoms with E-state index in [9.17, 15) is 5.21 Å². The van der Waals surface area contributed by atoms with Crippen LogP contribution in [0, 0.1) is 12.1 Å². The van der Waals surface area contributed by atoms with Crippen LogP contribution in [0.5, 0.6) is 0 Å². The smallest absolute Gasteiger partial charge is 0.251 e. The van der Waals surface area contributed by atoms with Gasteiger partial charge in [0.15, 0.2) is 6.20 Å². The summed E-state index contributed by atoms with van der Waals surface area (Å²) in [6, 6.07) is 9.46. The third kappa shape index (κ3) is 2.42. The lowest BCUT2D eigenvalue weighted by molar-refractivity contribution is -0.645. The number of aromatic nitrogens is 3. The number of fused-ring (bicyclic) bond motifs is 1. The summed E-state index contributed by atoms with van der Waals surface area (Å²) in [5, 5.41) is 12.2. The number of nitrogens with zero attached hydrogens (tertiary/aromatic N) is 3. The quantitative estimate of drug-likeness (QED) is 0.418. The van der Waals surface area contributed by atoms with E-state index in [2.05, 4.69) is 4.98 Å². The van der Waals surface area contributed by atoms with E-state index in [1.54, 1.807) is 6.07 Å². The molecular formula is C14H13N3OS. The molecule has 5 heteroatoms. The number of hydrogen-bond acceptors (Lipinski definition) is 3. The van der Waals surface area contributed by atoms with Crippen LogP contribution < -0.4 is 4.73 Å². The molecule has 3 rings (SSSR count). The topological polar surface area (TPSA) is 44.2 Å². The summed E-state index contributed by atoms with van der Waals surface area (Å²) in [4.78, 5) is 4.59. The minimum Gasteiger partial charge on any atom is -0.618 e. The maximum Gasteiger partial charge on any atom is 0.251 e. The van der Waals surface area contributed by atoms with Gasteiger partial charge in [0.05, 0.1) is 5.69 Å². The van der Waals surface area contributed by atoms with Crippen LogP contribution >= 0.6 is 11.8 Å². The predicted octanol–water partition coefficient (Wildman–Crippen LogP) is 2.57. The average molecular weight is 271 g/mol. The van der Waals surface area contributed by atoms with E-state index in [4.69, 9.17) is 0 Å². The second-order valence-electron chi connectivity index (χ2n) is 4.31. The molecular weight excluding hydrogens is 258 g/mol. The van der Waals surface area contributed by atoms with E-state index in [-0.39, 0.29) is 0 Å². The van der Waals surface area contributed by atoms with Crippen molar-refractivity contribution < 1.29 is 4.73 Å². The Balaban J connectivity index is 1.83. The lowest BCUT2D eigenvalue weighted by Gasteiger charge is -2.01. The molecule has 0 atom stereocenters. The average Bonchev–Trinajstić information content (AvgIpc) is 2.82. The fourth-order valence-corrected chi connectivity index (χ4v) is 2.74. The van der Waals surface area contributed by atoms with E-state index < -0.39 is 0 Å². The summed E-state index contributed by atoms with van der Waals surface area (Å²) in [6.45, 7) is 2.04. The van der Waals surface area contributed by atoms with Gasteiger partial charge in [-0.05, 0) is 36.4 Å². The second kappa shape index (κ2) is 4.93. The van der Waals surface area contributed by atoms with Crippen molar-refractivity contribution in [1.29, 1.82) is 0 Å². The monoisotopic (exact) mass is 271 g/mol. The third-order valence-corrected chi connectivity index (χ3v) is 3.94. The molecule has 0 aromatic carbocycles. The number of pyridine rings is 2. The molecule has 4 nitrogen and oxygen atoms in total. The Morgan fingerprint density at radius 3 is 3.00 bits per heavy atom. The normalized spacial score (nSPS) is 11.0. The van der Waals surface area contributed by atoms with Crippen molar-refractivity contribution >= 4 is 17.4 Å². The second-order valence-corrected chi connectivity index (χ2v) is 5.30. The first-order valence-electron chi connectivity index (χ1n) is 5.98. The van der Waals surface area contributed by atoms with Crippen LogP contribution in [0.1, 0.15) is 11.3 Å². The first kappa shape index (κ1) is 12.0. The van der Waals surface area contributed by atoms with Gasteiger partial charge in [0.2, 0.25) is 0 Å². The van der Waals surface area contributed by atoms with Crippen molar-refractivity contribution in [3.05, 3.63) is 65.4 Å². The predicted molar refractivity (Wildman–Crippen MR) is 74.9 cm³/mol. The molecule has 3 aromatic heterocycles. The molecule has 0 N–H and O–H groups in total. The summed E-state index contributed by atoms with van der Waals surface area (Å²) in [5.41, 5.74) is 3.10. The van der Waals surface area contributed by atoms with Crippen LogP contribution in [0.2, 0.25) is 0 Å². The summed E-state index contributed by atoms with van der Waals surface area (Å²) in [5.74, 6) is 0.688. The zero-order valence-corrected chi connectivity index (χ0v) is 11.3. The summed E-state index contributed by atoms with van der Waals surface area (Å²) < 4.78 is 2.90. The highest BCUT2D eigenvalue weighted by molar-refractivity contribution is 7.98. The highest BCUT2D eigenvalue weighted by atomic mass is 32.2. The SMILES string of the molecule is Cc1cccn2cc(CSc3cccc[n+]3[O-])nc12. The Morgan fingerprint density at radius 2 is 2.21 bits per heavy atom. The number of hydrogen-bond donors (Lipinski definition) is 0. The molecule has 0 aliphatic rings. The number of rotatable bonds is 3. The van der Waals surface area contributed by atoms with Gasteiger partial charge in [-0.3, -0.25) is 0 Å². The van der Waals surface area contributed by atoms with Crippen molar-refractivity contribution in [2.45, 2.75) is 17.7 Å². The van der Waals surface area contributed by atoms with Crippen molar-refractivity contribution in [2.75, 3.05) is 0 Å². The van der Waals surface area contributed by atoms with Crippen molar-refractivity contribution in [3.63, 3.8) is 0 Å². The summed E-state index contributed by atoms with van der Waals surface area (Å²) in [6.07, 6.45) is 5.50. The number of imidazole rings is 1. The van der Waals surface area contributed by atoms with E-state index >= 15 is 0 Å². The zero-order valence-electron chi connectivity index (χ0n) is 10.5. The van der Waals surface area contributed by atoms with Gasteiger partial charge in [-0.2, -0.15) is 4.73 Å². The van der Waals surface area contributed by atoms with Gasteiger partial charge in [-0.15, -0.1) is 0 Å². The van der Waals surface area contributed by atoms with Crippen LogP contribution in [-0.2, 0) is 5.75 Å². The molecule has 3 heterocycles. The molecule has 0 unspecified atom stereocenters. The van der Waals surface area contributed by atoms with Crippen molar-refractivity contribution in [2.24, 2.45) is 0 Å². The molecule has 0 fully saturated rings. The first-order chi connectivity index (χ1) is 9.24. The largest absolute Gasteiger partial charge is 0.618 e. The Morgan fingerprint density at radius 1 is 1.32 bits per heavy atom. The minimum absolute atomic E-state index is 0.688. The lowest BCUT2D eigenvalue weighted by atomic mass is 10.3. The Hall–Kier alpha value is -2.01. The Bertz CT molecular complexity index is 724. The van der Waals surface area contributed by atoms with E-state index in [1.807, 2.05) is 48.0 Å². The Kier molecular flexibility index (Phi) is 3.13. The summed E-state index contributed by atoms with van der Waals surface area (Å²) >= 11 is 1.50. The molecule has 0 bridgehead atoms. The molecule has 3 aromatic rings. The van der Waals surface area contributed by atoms with Crippen LogP contribution in [0.25, 0.3) is 5.65 Å². The number of aryl methyl sites for hydroxylation is 1. The molecule has 0 aliphatic carbocycles. The first-order valence-corrected chi connectivity index (χ1v) is 6.97. The molecule has 0 amide bonds. The summed E-state index contributed by atoms with van der Waals surface area (Å²) in [7, 11) is 0. The Labute approximate surface area is 115 Å². The van der Waals surface area contributed by atoms with Gasteiger partial charge in [0, 0.05) is 30.3 Å². The number of thioether (sulfide) groups is 1. The van der Waals surface area contributed by atoms with Crippen LogP contribution in [-0.4, -0.2) is 9.38 Å². The van der Waals surface area contributed by atoms with Gasteiger partial charge in [0.1, 0.15) is 5.65 Å². The minimum atomic E-state index is 0.688. The van der Waals surface area contributed by atoms with Crippen molar-refractivity contribution in [3.8, 4) is 0 Å². The van der Waals surface area contributed by atoms with Gasteiger partial charge < -0.3 is 9.61 Å². The van der Waals surface area contributed by atoms with E-state index in [0.717, 1.165) is 21.6 Å². The standard InChI is InChI=1S/C14H13N3OS/c1-11-5-4-7-16-9-12(15-14(11)16)10-19-13-6-2-3-8-17(13)18/h2-9H,10H2,1H3. The maximum absolute atomic E-state index is 11.5. The third-order valence-electron chi connectivity index (χ3n) is 2.88. The molecule has 0 aliphatic heterocycles. The zero-order chi connectivity index (χ0) is 13.2. The van der Waals surface area contributed by atoms with Gasteiger partial charge >= 0.3 is 0 Å². The fraction of sp³-hybridized carbons (Fsp3) is 0.143. The fourth-order valence-electron chi connectivity index (χ4n) is 1.95. The maximum atomic E-state index is 11.5. The lowest BCUT2D eigenvalue weighted by Crippen LogP contribution is -2.27. The van der Waals surface area contributed by atoms with Crippen LogP contribution in [0.3, 0.4) is 0 Å².